The number of hydrogen-bond donors (Lipinski definition) is 1. The predicted octanol–water partition coefficient (Wildman–Crippen LogP) is 2.48. The summed E-state index contributed by atoms with van der Waals surface area (Å²) in [4.78, 5) is 8.73. The normalized spacial score (nSPS) is 10.2. The first-order chi connectivity index (χ1) is 8.22. The highest BCUT2D eigenvalue weighted by Gasteiger charge is 2.08. The maximum Gasteiger partial charge on any atom is 0.208 e. The van der Waals surface area contributed by atoms with E-state index in [1.54, 1.807) is 6.20 Å². The van der Waals surface area contributed by atoms with Crippen LogP contribution in [0.2, 0.25) is 0 Å². The van der Waals surface area contributed by atoms with Crippen LogP contribution in [0.4, 0.5) is 5.95 Å². The molecule has 2 aromatic rings. The van der Waals surface area contributed by atoms with Gasteiger partial charge in [0.1, 0.15) is 0 Å². The lowest BCUT2D eigenvalue weighted by atomic mass is 10.3. The van der Waals surface area contributed by atoms with Gasteiger partial charge in [0.15, 0.2) is 0 Å². The van der Waals surface area contributed by atoms with Gasteiger partial charge >= 0.3 is 0 Å². The first-order valence-electron chi connectivity index (χ1n) is 5.55. The van der Waals surface area contributed by atoms with Crippen molar-refractivity contribution in [3.8, 4) is 5.69 Å². The zero-order valence-corrected chi connectivity index (χ0v) is 10.1. The number of aryl methyl sites for hydroxylation is 2. The van der Waals surface area contributed by atoms with E-state index in [0.717, 1.165) is 23.0 Å². The van der Waals surface area contributed by atoms with Gasteiger partial charge in [-0.2, -0.15) is 0 Å². The molecule has 2 heterocycles. The molecule has 0 saturated carbocycles. The van der Waals surface area contributed by atoms with E-state index in [4.69, 9.17) is 0 Å². The standard InChI is InChI=1S/C13H16N4/c1-4-7-15-13-16-10(2)9-17(13)12-6-5-8-14-11(12)3/h4-6,8-9H,1,7H2,2-3H3,(H,15,16). The fourth-order valence-electron chi connectivity index (χ4n) is 1.70. The molecule has 4 heteroatoms. The average Bonchev–Trinajstić information content (AvgIpc) is 2.68. The maximum atomic E-state index is 4.44. The third-order valence-electron chi connectivity index (χ3n) is 2.47. The van der Waals surface area contributed by atoms with Crippen molar-refractivity contribution < 1.29 is 0 Å². The Bertz CT molecular complexity index is 528. The molecule has 0 atom stereocenters. The molecule has 0 fully saturated rings. The van der Waals surface area contributed by atoms with E-state index >= 15 is 0 Å². The number of aromatic nitrogens is 3. The van der Waals surface area contributed by atoms with Gasteiger partial charge in [-0.3, -0.25) is 9.55 Å². The zero-order chi connectivity index (χ0) is 12.3. The highest BCUT2D eigenvalue weighted by molar-refractivity contribution is 5.45. The molecule has 0 bridgehead atoms. The number of rotatable bonds is 4. The molecule has 2 aromatic heterocycles. The number of nitrogens with one attached hydrogen (secondary N) is 1. The van der Waals surface area contributed by atoms with Gasteiger partial charge in [0.25, 0.3) is 0 Å². The van der Waals surface area contributed by atoms with E-state index < -0.39 is 0 Å². The van der Waals surface area contributed by atoms with Crippen LogP contribution in [0, 0.1) is 13.8 Å². The van der Waals surface area contributed by atoms with Gasteiger partial charge in [-0.15, -0.1) is 6.58 Å². The predicted molar refractivity (Wildman–Crippen MR) is 69.5 cm³/mol. The SMILES string of the molecule is C=CCNc1nc(C)cn1-c1cccnc1C. The smallest absolute Gasteiger partial charge is 0.208 e. The van der Waals surface area contributed by atoms with Crippen LogP contribution in [0.1, 0.15) is 11.4 Å². The maximum absolute atomic E-state index is 4.44. The van der Waals surface area contributed by atoms with E-state index in [1.807, 2.05) is 42.8 Å². The minimum atomic E-state index is 0.690. The van der Waals surface area contributed by atoms with Gasteiger partial charge in [-0.25, -0.2) is 4.98 Å². The summed E-state index contributed by atoms with van der Waals surface area (Å²) in [7, 11) is 0. The van der Waals surface area contributed by atoms with Gasteiger partial charge < -0.3 is 5.32 Å². The second-order valence-electron chi connectivity index (χ2n) is 3.85. The van der Waals surface area contributed by atoms with Crippen molar-refractivity contribution in [2.24, 2.45) is 0 Å². The molecular weight excluding hydrogens is 212 g/mol. The fourth-order valence-corrected chi connectivity index (χ4v) is 1.70. The van der Waals surface area contributed by atoms with Gasteiger partial charge in [0.2, 0.25) is 5.95 Å². The summed E-state index contributed by atoms with van der Waals surface area (Å²) >= 11 is 0. The van der Waals surface area contributed by atoms with Crippen LogP contribution in [0.5, 0.6) is 0 Å². The molecule has 0 aliphatic carbocycles. The Hall–Kier alpha value is -2.10. The Morgan fingerprint density at radius 2 is 2.29 bits per heavy atom. The Balaban J connectivity index is 2.44. The molecule has 0 radical (unpaired) electrons. The quantitative estimate of drug-likeness (QED) is 0.817. The first kappa shape index (κ1) is 11.4. The Kier molecular flexibility index (Phi) is 3.23. The Morgan fingerprint density at radius 3 is 3.00 bits per heavy atom. The Morgan fingerprint density at radius 1 is 1.47 bits per heavy atom. The number of anilines is 1. The molecule has 0 aliphatic heterocycles. The fraction of sp³-hybridized carbons (Fsp3) is 0.231. The second kappa shape index (κ2) is 4.82. The highest BCUT2D eigenvalue weighted by atomic mass is 15.2. The van der Waals surface area contributed by atoms with Gasteiger partial charge in [0.05, 0.1) is 17.1 Å². The molecule has 0 spiro atoms. The van der Waals surface area contributed by atoms with Crippen molar-refractivity contribution in [2.75, 3.05) is 11.9 Å². The molecule has 0 saturated heterocycles. The summed E-state index contributed by atoms with van der Waals surface area (Å²) in [6, 6.07) is 3.96. The minimum Gasteiger partial charge on any atom is -0.352 e. The van der Waals surface area contributed by atoms with E-state index in [-0.39, 0.29) is 0 Å². The topological polar surface area (TPSA) is 42.7 Å². The molecule has 4 nitrogen and oxygen atoms in total. The zero-order valence-electron chi connectivity index (χ0n) is 10.1. The highest BCUT2D eigenvalue weighted by Crippen LogP contribution is 2.18. The average molecular weight is 228 g/mol. The third kappa shape index (κ3) is 2.36. The minimum absolute atomic E-state index is 0.690. The molecule has 0 aliphatic rings. The van der Waals surface area contributed by atoms with Crippen LogP contribution in [-0.4, -0.2) is 21.1 Å². The number of pyridine rings is 1. The van der Waals surface area contributed by atoms with Crippen LogP contribution in [-0.2, 0) is 0 Å². The number of nitrogens with zero attached hydrogens (tertiary/aromatic N) is 3. The largest absolute Gasteiger partial charge is 0.352 e. The van der Waals surface area contributed by atoms with Crippen molar-refractivity contribution in [1.29, 1.82) is 0 Å². The van der Waals surface area contributed by atoms with Gasteiger partial charge in [0, 0.05) is 18.9 Å². The van der Waals surface area contributed by atoms with Gasteiger partial charge in [-0.1, -0.05) is 6.08 Å². The summed E-state index contributed by atoms with van der Waals surface area (Å²) in [5.74, 6) is 0.818. The number of hydrogen-bond acceptors (Lipinski definition) is 3. The summed E-state index contributed by atoms with van der Waals surface area (Å²) in [5, 5.41) is 3.22. The van der Waals surface area contributed by atoms with Crippen molar-refractivity contribution in [3.05, 3.63) is 48.6 Å². The summed E-state index contributed by atoms with van der Waals surface area (Å²) in [6.45, 7) is 8.34. The lowest BCUT2D eigenvalue weighted by molar-refractivity contribution is 0.999. The van der Waals surface area contributed by atoms with Crippen molar-refractivity contribution >= 4 is 5.95 Å². The van der Waals surface area contributed by atoms with E-state index in [0.29, 0.717) is 6.54 Å². The lowest BCUT2D eigenvalue weighted by Crippen LogP contribution is -2.06. The molecule has 88 valence electrons. The van der Waals surface area contributed by atoms with Crippen LogP contribution in [0.3, 0.4) is 0 Å². The van der Waals surface area contributed by atoms with Crippen molar-refractivity contribution in [1.82, 2.24) is 14.5 Å². The van der Waals surface area contributed by atoms with E-state index in [2.05, 4.69) is 21.9 Å². The summed E-state index contributed by atoms with van der Waals surface area (Å²) < 4.78 is 2.02. The van der Waals surface area contributed by atoms with Crippen LogP contribution >= 0.6 is 0 Å². The summed E-state index contributed by atoms with van der Waals surface area (Å²) in [5.41, 5.74) is 2.99. The van der Waals surface area contributed by atoms with E-state index in [9.17, 15) is 0 Å². The van der Waals surface area contributed by atoms with Crippen molar-refractivity contribution in [2.45, 2.75) is 13.8 Å². The van der Waals surface area contributed by atoms with Crippen LogP contribution in [0.15, 0.2) is 37.2 Å². The molecule has 0 unspecified atom stereocenters. The van der Waals surface area contributed by atoms with Gasteiger partial charge in [-0.05, 0) is 26.0 Å². The lowest BCUT2D eigenvalue weighted by Gasteiger charge is -2.10. The Labute approximate surface area is 101 Å². The molecular formula is C13H16N4. The second-order valence-corrected chi connectivity index (χ2v) is 3.85. The van der Waals surface area contributed by atoms with Crippen LogP contribution < -0.4 is 5.32 Å². The first-order valence-corrected chi connectivity index (χ1v) is 5.55. The molecule has 1 N–H and O–H groups in total. The third-order valence-corrected chi connectivity index (χ3v) is 2.47. The van der Waals surface area contributed by atoms with E-state index in [1.165, 1.54) is 0 Å². The summed E-state index contributed by atoms with van der Waals surface area (Å²) in [6.07, 6.45) is 5.60. The monoisotopic (exact) mass is 228 g/mol. The van der Waals surface area contributed by atoms with Crippen molar-refractivity contribution in [3.63, 3.8) is 0 Å². The van der Waals surface area contributed by atoms with Crippen LogP contribution in [0.25, 0.3) is 5.69 Å². The molecule has 0 aromatic carbocycles. The number of imidazole rings is 1. The molecule has 2 rings (SSSR count). The molecule has 17 heavy (non-hydrogen) atoms. The molecule has 0 amide bonds.